The highest BCUT2D eigenvalue weighted by molar-refractivity contribution is 7.85. The molecule has 0 unspecified atom stereocenters. The van der Waals surface area contributed by atoms with Gasteiger partial charge in [-0.05, 0) is 18.4 Å². The summed E-state index contributed by atoms with van der Waals surface area (Å²) in [5, 5.41) is 10.0. The summed E-state index contributed by atoms with van der Waals surface area (Å²) in [6.45, 7) is 4.79. The van der Waals surface area contributed by atoms with Crippen molar-refractivity contribution in [3.05, 3.63) is 27.0 Å². The average Bonchev–Trinajstić information content (AvgIpc) is 2.30. The van der Waals surface area contributed by atoms with Gasteiger partial charge in [-0.3, -0.25) is 18.7 Å². The van der Waals surface area contributed by atoms with Crippen molar-refractivity contribution >= 4 is 16.0 Å². The minimum atomic E-state index is -4.48. The minimum absolute atomic E-state index is 0.0157. The number of hydrogen-bond acceptors (Lipinski definition) is 5. The third kappa shape index (κ3) is 3.42. The van der Waals surface area contributed by atoms with Crippen LogP contribution in [0.15, 0.2) is 4.79 Å². The standard InChI is InChI=1S/C12H18N2O6S/c1-4-14-11(16)7(5-21(18,19)20)8(6(2)3)9(10(13)15)12(14)17/h6,17H,4-5H2,1-3H3,(H2,13,15)(H,18,19,20). The van der Waals surface area contributed by atoms with Crippen molar-refractivity contribution in [3.8, 4) is 5.88 Å². The number of rotatable bonds is 5. The minimum Gasteiger partial charge on any atom is -0.494 e. The van der Waals surface area contributed by atoms with E-state index in [0.29, 0.717) is 0 Å². The predicted octanol–water partition coefficient (Wildman–Crippen LogP) is 0.184. The van der Waals surface area contributed by atoms with Crippen molar-refractivity contribution in [2.75, 3.05) is 0 Å². The molecule has 0 bridgehead atoms. The Morgan fingerprint density at radius 1 is 1.38 bits per heavy atom. The maximum atomic E-state index is 12.3. The van der Waals surface area contributed by atoms with Crippen LogP contribution in [0.1, 0.15) is 48.2 Å². The summed E-state index contributed by atoms with van der Waals surface area (Å²) in [6, 6.07) is 0. The number of amides is 1. The molecule has 0 aliphatic rings. The number of aromatic nitrogens is 1. The van der Waals surface area contributed by atoms with Crippen LogP contribution in [-0.4, -0.2) is 28.6 Å². The van der Waals surface area contributed by atoms with Crippen LogP contribution in [0.5, 0.6) is 5.88 Å². The Hall–Kier alpha value is -1.87. The van der Waals surface area contributed by atoms with E-state index in [1.807, 2.05) is 0 Å². The number of pyridine rings is 1. The first-order valence-corrected chi connectivity index (χ1v) is 7.85. The Morgan fingerprint density at radius 3 is 2.24 bits per heavy atom. The highest BCUT2D eigenvalue weighted by atomic mass is 32.2. The molecule has 1 rings (SSSR count). The van der Waals surface area contributed by atoms with Crippen LogP contribution in [-0.2, 0) is 22.4 Å². The van der Waals surface area contributed by atoms with Gasteiger partial charge in [0.05, 0.1) is 0 Å². The first-order chi connectivity index (χ1) is 9.51. The zero-order valence-corrected chi connectivity index (χ0v) is 12.8. The first-order valence-electron chi connectivity index (χ1n) is 6.24. The molecular formula is C12H18N2O6S. The van der Waals surface area contributed by atoms with Crippen LogP contribution in [0.4, 0.5) is 0 Å². The van der Waals surface area contributed by atoms with Gasteiger partial charge in [0.1, 0.15) is 11.3 Å². The van der Waals surface area contributed by atoms with Gasteiger partial charge in [-0.2, -0.15) is 8.42 Å². The monoisotopic (exact) mass is 318 g/mol. The molecule has 0 aliphatic carbocycles. The number of nitrogens with zero attached hydrogens (tertiary/aromatic N) is 1. The van der Waals surface area contributed by atoms with Gasteiger partial charge in [0, 0.05) is 12.1 Å². The lowest BCUT2D eigenvalue weighted by atomic mass is 9.93. The number of carbonyl (C=O) groups is 1. The van der Waals surface area contributed by atoms with Gasteiger partial charge < -0.3 is 10.8 Å². The van der Waals surface area contributed by atoms with Crippen LogP contribution in [0, 0.1) is 0 Å². The van der Waals surface area contributed by atoms with E-state index in [1.54, 1.807) is 13.8 Å². The van der Waals surface area contributed by atoms with E-state index in [2.05, 4.69) is 0 Å². The molecule has 0 aliphatic heterocycles. The van der Waals surface area contributed by atoms with Gasteiger partial charge in [0.15, 0.2) is 0 Å². The Labute approximate surface area is 122 Å². The number of nitrogens with two attached hydrogens (primary N) is 1. The van der Waals surface area contributed by atoms with Crippen molar-refractivity contribution < 1.29 is 22.9 Å². The summed E-state index contributed by atoms with van der Waals surface area (Å²) < 4.78 is 32.1. The van der Waals surface area contributed by atoms with Crippen LogP contribution < -0.4 is 11.3 Å². The third-order valence-corrected chi connectivity index (χ3v) is 3.70. The average molecular weight is 318 g/mol. The van der Waals surface area contributed by atoms with Crippen LogP contribution >= 0.6 is 0 Å². The topological polar surface area (TPSA) is 140 Å². The molecule has 0 atom stereocenters. The van der Waals surface area contributed by atoms with E-state index in [9.17, 15) is 23.1 Å². The second kappa shape index (κ2) is 5.86. The van der Waals surface area contributed by atoms with Gasteiger partial charge >= 0.3 is 0 Å². The third-order valence-electron chi connectivity index (χ3n) is 3.04. The van der Waals surface area contributed by atoms with Crippen molar-refractivity contribution in [3.63, 3.8) is 0 Å². The molecular weight excluding hydrogens is 300 g/mol. The summed E-state index contributed by atoms with van der Waals surface area (Å²) in [5.41, 5.74) is 3.93. The van der Waals surface area contributed by atoms with E-state index >= 15 is 0 Å². The molecule has 1 amide bonds. The molecule has 118 valence electrons. The fourth-order valence-corrected chi connectivity index (χ4v) is 2.92. The van der Waals surface area contributed by atoms with Crippen molar-refractivity contribution in [2.45, 2.75) is 39.0 Å². The maximum absolute atomic E-state index is 12.3. The van der Waals surface area contributed by atoms with Crippen molar-refractivity contribution in [1.82, 2.24) is 4.57 Å². The van der Waals surface area contributed by atoms with Gasteiger partial charge in [-0.15, -0.1) is 0 Å². The van der Waals surface area contributed by atoms with Gasteiger partial charge in [-0.1, -0.05) is 13.8 Å². The van der Waals surface area contributed by atoms with Gasteiger partial charge in [0.25, 0.3) is 21.6 Å². The largest absolute Gasteiger partial charge is 0.494 e. The van der Waals surface area contributed by atoms with Crippen molar-refractivity contribution in [2.24, 2.45) is 5.73 Å². The number of primary amides is 1. The molecule has 0 fully saturated rings. The molecule has 1 aromatic heterocycles. The lowest BCUT2D eigenvalue weighted by Gasteiger charge is -2.19. The molecule has 1 heterocycles. The summed E-state index contributed by atoms with van der Waals surface area (Å²) in [7, 11) is -4.48. The summed E-state index contributed by atoms with van der Waals surface area (Å²) in [4.78, 5) is 23.9. The van der Waals surface area contributed by atoms with E-state index in [-0.39, 0.29) is 23.2 Å². The molecule has 0 saturated heterocycles. The summed E-state index contributed by atoms with van der Waals surface area (Å²) in [6.07, 6.45) is 0. The molecule has 4 N–H and O–H groups in total. The number of aromatic hydroxyl groups is 1. The normalized spacial score (nSPS) is 11.9. The fourth-order valence-electron chi connectivity index (χ4n) is 2.28. The van der Waals surface area contributed by atoms with Crippen LogP contribution in [0.2, 0.25) is 0 Å². The summed E-state index contributed by atoms with van der Waals surface area (Å²) >= 11 is 0. The maximum Gasteiger partial charge on any atom is 0.269 e. The second-order valence-corrected chi connectivity index (χ2v) is 6.34. The van der Waals surface area contributed by atoms with Crippen molar-refractivity contribution in [1.29, 1.82) is 0 Å². The molecule has 1 aromatic rings. The Balaban J connectivity index is 3.96. The fraction of sp³-hybridized carbons (Fsp3) is 0.500. The molecule has 21 heavy (non-hydrogen) atoms. The van der Waals surface area contributed by atoms with E-state index in [1.165, 1.54) is 6.92 Å². The highest BCUT2D eigenvalue weighted by Crippen LogP contribution is 2.29. The Bertz CT molecular complexity index is 733. The quantitative estimate of drug-likeness (QED) is 0.662. The van der Waals surface area contributed by atoms with E-state index in [4.69, 9.17) is 10.3 Å². The van der Waals surface area contributed by atoms with Gasteiger partial charge in [0.2, 0.25) is 5.88 Å². The molecule has 0 aromatic carbocycles. The molecule has 0 saturated carbocycles. The zero-order valence-electron chi connectivity index (χ0n) is 12.0. The zero-order chi connectivity index (χ0) is 16.5. The summed E-state index contributed by atoms with van der Waals surface area (Å²) in [5.74, 6) is -2.97. The molecule has 8 nitrogen and oxygen atoms in total. The number of hydrogen-bond donors (Lipinski definition) is 3. The van der Waals surface area contributed by atoms with Crippen LogP contribution in [0.3, 0.4) is 0 Å². The first kappa shape index (κ1) is 17.2. The molecule has 0 spiro atoms. The van der Waals surface area contributed by atoms with Gasteiger partial charge in [-0.25, -0.2) is 0 Å². The lowest BCUT2D eigenvalue weighted by Crippen LogP contribution is -2.31. The second-order valence-electron chi connectivity index (χ2n) is 4.89. The molecule has 0 radical (unpaired) electrons. The smallest absolute Gasteiger partial charge is 0.269 e. The lowest BCUT2D eigenvalue weighted by molar-refractivity contribution is 0.0994. The van der Waals surface area contributed by atoms with E-state index < -0.39 is 39.1 Å². The Morgan fingerprint density at radius 2 is 1.90 bits per heavy atom. The predicted molar refractivity (Wildman–Crippen MR) is 75.9 cm³/mol. The van der Waals surface area contributed by atoms with Crippen LogP contribution in [0.25, 0.3) is 0 Å². The highest BCUT2D eigenvalue weighted by Gasteiger charge is 2.28. The molecule has 9 heteroatoms. The Kier molecular flexibility index (Phi) is 4.79. The SMILES string of the molecule is CCn1c(O)c(C(N)=O)c(C(C)C)c(CS(=O)(=O)O)c1=O. The van der Waals surface area contributed by atoms with E-state index in [0.717, 1.165) is 4.57 Å². The number of carbonyl (C=O) groups excluding carboxylic acids is 1.